The van der Waals surface area contributed by atoms with Gasteiger partial charge in [0.15, 0.2) is 0 Å². The van der Waals surface area contributed by atoms with Crippen LogP contribution in [0.3, 0.4) is 0 Å². The molecular weight excluding hydrogens is 344 g/mol. The van der Waals surface area contributed by atoms with Gasteiger partial charge in [0.25, 0.3) is 0 Å². The van der Waals surface area contributed by atoms with E-state index < -0.39 is 0 Å². The first kappa shape index (κ1) is 16.4. The van der Waals surface area contributed by atoms with Gasteiger partial charge in [-0.2, -0.15) is 0 Å². The summed E-state index contributed by atoms with van der Waals surface area (Å²) in [5.74, 6) is 0.496. The van der Waals surface area contributed by atoms with Crippen LogP contribution in [0.2, 0.25) is 5.02 Å². The lowest BCUT2D eigenvalue weighted by atomic mass is 9.95. The van der Waals surface area contributed by atoms with Gasteiger partial charge in [0.2, 0.25) is 0 Å². The Bertz CT molecular complexity index is 1100. The smallest absolute Gasteiger partial charge is 0.344 e. The Balaban J connectivity index is 2.00. The third-order valence-corrected chi connectivity index (χ3v) is 4.44. The van der Waals surface area contributed by atoms with Crippen LogP contribution < -0.4 is 5.63 Å². The molecule has 3 aromatic carbocycles. The van der Waals surface area contributed by atoms with E-state index in [2.05, 4.69) is 0 Å². The predicted octanol–water partition coefficient (Wildman–Crippen LogP) is 6.29. The summed E-state index contributed by atoms with van der Waals surface area (Å²) in [7, 11) is 0. The zero-order valence-electron chi connectivity index (χ0n) is 13.9. The molecule has 4 aromatic rings. The molecule has 126 valence electrons. The molecule has 0 saturated carbocycles. The maximum atomic E-state index is 12.9. The minimum atomic E-state index is -0.368. The molecule has 2 nitrogen and oxygen atoms in total. The lowest BCUT2D eigenvalue weighted by Gasteiger charge is -2.11. The third-order valence-electron chi connectivity index (χ3n) is 4.21. The summed E-state index contributed by atoms with van der Waals surface area (Å²) >= 11 is 6.10. The lowest BCUT2D eigenvalue weighted by Crippen LogP contribution is -2.06. The van der Waals surface area contributed by atoms with Gasteiger partial charge in [-0.3, -0.25) is 0 Å². The van der Waals surface area contributed by atoms with Crippen LogP contribution in [-0.2, 0) is 0 Å². The molecule has 0 aliphatic rings. The fourth-order valence-electron chi connectivity index (χ4n) is 3.00. The third kappa shape index (κ3) is 3.19. The van der Waals surface area contributed by atoms with Crippen LogP contribution in [0.15, 0.2) is 100 Å². The van der Waals surface area contributed by atoms with Crippen molar-refractivity contribution in [3.8, 4) is 33.6 Å². The Morgan fingerprint density at radius 3 is 1.92 bits per heavy atom. The second-order valence-electron chi connectivity index (χ2n) is 5.93. The van der Waals surface area contributed by atoms with Crippen LogP contribution in [0.5, 0.6) is 0 Å². The maximum Gasteiger partial charge on any atom is 0.344 e. The van der Waals surface area contributed by atoms with Crippen molar-refractivity contribution >= 4 is 11.6 Å². The summed E-state index contributed by atoms with van der Waals surface area (Å²) in [5.41, 5.74) is 3.59. The van der Waals surface area contributed by atoms with Crippen LogP contribution in [-0.4, -0.2) is 0 Å². The van der Waals surface area contributed by atoms with Gasteiger partial charge in [0.05, 0.1) is 5.56 Å². The molecule has 0 atom stereocenters. The summed E-state index contributed by atoms with van der Waals surface area (Å²) in [6.45, 7) is 0. The van der Waals surface area contributed by atoms with Crippen LogP contribution in [0.4, 0.5) is 0 Å². The topological polar surface area (TPSA) is 30.2 Å². The van der Waals surface area contributed by atoms with Crippen molar-refractivity contribution in [2.75, 3.05) is 0 Å². The molecule has 1 aromatic heterocycles. The highest BCUT2D eigenvalue weighted by Crippen LogP contribution is 2.33. The Morgan fingerprint density at radius 1 is 0.654 bits per heavy atom. The summed E-state index contributed by atoms with van der Waals surface area (Å²) in [6, 6.07) is 28.6. The molecule has 26 heavy (non-hydrogen) atoms. The molecule has 0 bridgehead atoms. The highest BCUT2D eigenvalue weighted by Gasteiger charge is 2.16. The largest absolute Gasteiger partial charge is 0.422 e. The van der Waals surface area contributed by atoms with E-state index in [-0.39, 0.29) is 5.63 Å². The minimum Gasteiger partial charge on any atom is -0.422 e. The van der Waals surface area contributed by atoms with E-state index in [9.17, 15) is 4.79 Å². The molecule has 0 aliphatic heterocycles. The zero-order valence-corrected chi connectivity index (χ0v) is 14.6. The van der Waals surface area contributed by atoms with E-state index in [1.54, 1.807) is 12.1 Å². The number of hydrogen-bond acceptors (Lipinski definition) is 2. The van der Waals surface area contributed by atoms with Gasteiger partial charge in [-0.1, -0.05) is 84.4 Å². The summed E-state index contributed by atoms with van der Waals surface area (Å²) < 4.78 is 5.65. The summed E-state index contributed by atoms with van der Waals surface area (Å²) in [6.07, 6.45) is 0. The second-order valence-corrected chi connectivity index (χ2v) is 6.37. The van der Waals surface area contributed by atoms with E-state index in [4.69, 9.17) is 16.0 Å². The van der Waals surface area contributed by atoms with Gasteiger partial charge >= 0.3 is 5.63 Å². The Morgan fingerprint density at radius 2 is 1.27 bits per heavy atom. The normalized spacial score (nSPS) is 10.7. The zero-order chi connectivity index (χ0) is 17.9. The first-order chi connectivity index (χ1) is 12.7. The first-order valence-corrected chi connectivity index (χ1v) is 8.65. The van der Waals surface area contributed by atoms with Gasteiger partial charge in [-0.15, -0.1) is 0 Å². The molecule has 0 saturated heterocycles. The minimum absolute atomic E-state index is 0.368. The number of benzene rings is 3. The number of hydrogen-bond donors (Lipinski definition) is 0. The van der Waals surface area contributed by atoms with E-state index >= 15 is 0 Å². The predicted molar refractivity (Wildman–Crippen MR) is 106 cm³/mol. The molecule has 0 unspecified atom stereocenters. The molecular formula is C23H15ClO2. The molecule has 0 radical (unpaired) electrons. The van der Waals surface area contributed by atoms with Gasteiger partial charge in [-0.25, -0.2) is 4.79 Å². The van der Waals surface area contributed by atoms with Crippen molar-refractivity contribution in [3.05, 3.63) is 106 Å². The Labute approximate surface area is 156 Å². The fraction of sp³-hybridized carbons (Fsp3) is 0. The van der Waals surface area contributed by atoms with E-state index in [1.807, 2.05) is 78.9 Å². The highest BCUT2D eigenvalue weighted by atomic mass is 35.5. The van der Waals surface area contributed by atoms with Gasteiger partial charge in [0.1, 0.15) is 5.76 Å². The van der Waals surface area contributed by atoms with Crippen LogP contribution in [0.1, 0.15) is 0 Å². The van der Waals surface area contributed by atoms with Crippen LogP contribution in [0, 0.1) is 0 Å². The van der Waals surface area contributed by atoms with Crippen molar-refractivity contribution in [2.24, 2.45) is 0 Å². The molecule has 3 heteroatoms. The van der Waals surface area contributed by atoms with Crippen molar-refractivity contribution in [3.63, 3.8) is 0 Å². The van der Waals surface area contributed by atoms with Crippen molar-refractivity contribution in [1.82, 2.24) is 0 Å². The molecule has 0 fully saturated rings. The van der Waals surface area contributed by atoms with Gasteiger partial charge in [-0.05, 0) is 29.3 Å². The van der Waals surface area contributed by atoms with E-state index in [1.165, 1.54) is 0 Å². The second kappa shape index (κ2) is 7.03. The SMILES string of the molecule is O=c1oc(-c2cccc(Cl)c2)cc(-c2ccccc2)c1-c1ccccc1. The van der Waals surface area contributed by atoms with Crippen LogP contribution >= 0.6 is 11.6 Å². The number of halogens is 1. The molecule has 0 aliphatic carbocycles. The fourth-order valence-corrected chi connectivity index (χ4v) is 3.19. The molecule has 0 spiro atoms. The number of rotatable bonds is 3. The molecule has 4 rings (SSSR count). The van der Waals surface area contributed by atoms with Crippen molar-refractivity contribution < 1.29 is 4.42 Å². The Hall–Kier alpha value is -3.10. The van der Waals surface area contributed by atoms with Gasteiger partial charge in [0, 0.05) is 16.1 Å². The highest BCUT2D eigenvalue weighted by molar-refractivity contribution is 6.30. The van der Waals surface area contributed by atoms with E-state index in [0.717, 1.165) is 22.3 Å². The monoisotopic (exact) mass is 358 g/mol. The quantitative estimate of drug-likeness (QED) is 0.430. The average molecular weight is 359 g/mol. The Kier molecular flexibility index (Phi) is 4.42. The lowest BCUT2D eigenvalue weighted by molar-refractivity contribution is 0.529. The summed E-state index contributed by atoms with van der Waals surface area (Å²) in [4.78, 5) is 12.9. The molecule has 0 N–H and O–H groups in total. The maximum absolute atomic E-state index is 12.9. The molecule has 0 amide bonds. The van der Waals surface area contributed by atoms with Crippen molar-refractivity contribution in [2.45, 2.75) is 0 Å². The average Bonchev–Trinajstić information content (AvgIpc) is 2.69. The molecule has 1 heterocycles. The van der Waals surface area contributed by atoms with Gasteiger partial charge < -0.3 is 4.42 Å². The van der Waals surface area contributed by atoms with Crippen molar-refractivity contribution in [1.29, 1.82) is 0 Å². The standard InChI is InChI=1S/C23H15ClO2/c24-19-13-7-12-18(14-19)21-15-20(16-8-3-1-4-9-16)22(23(25)26-21)17-10-5-2-6-11-17/h1-15H. The van der Waals surface area contributed by atoms with Crippen LogP contribution in [0.25, 0.3) is 33.6 Å². The summed E-state index contributed by atoms with van der Waals surface area (Å²) in [5, 5.41) is 0.596. The first-order valence-electron chi connectivity index (χ1n) is 8.27. The van der Waals surface area contributed by atoms with E-state index in [0.29, 0.717) is 16.3 Å².